The van der Waals surface area contributed by atoms with Gasteiger partial charge in [-0.05, 0) is 18.2 Å². The quantitative estimate of drug-likeness (QED) is 0.530. The first kappa shape index (κ1) is 18.3. The van der Waals surface area contributed by atoms with Crippen molar-refractivity contribution in [1.82, 2.24) is 19.5 Å². The zero-order chi connectivity index (χ0) is 20.1. The first-order valence-electron chi connectivity index (χ1n) is 9.26. The van der Waals surface area contributed by atoms with E-state index < -0.39 is 5.91 Å². The van der Waals surface area contributed by atoms with E-state index >= 15 is 0 Å². The Balaban J connectivity index is 1.72. The number of carbonyl (C=O) groups excluding carboxylic acids is 2. The van der Waals surface area contributed by atoms with Crippen LogP contribution in [-0.4, -0.2) is 37.6 Å². The maximum atomic E-state index is 13.4. The second-order valence-corrected chi connectivity index (χ2v) is 8.26. The smallest absolute Gasteiger partial charge is 0.276 e. The molecule has 146 valence electrons. The van der Waals surface area contributed by atoms with E-state index in [1.54, 1.807) is 17.7 Å². The van der Waals surface area contributed by atoms with E-state index in [0.29, 0.717) is 30.9 Å². The summed E-state index contributed by atoms with van der Waals surface area (Å²) in [6.07, 6.45) is 1.73. The molecule has 0 unspecified atom stereocenters. The molecule has 0 fully saturated rings. The lowest BCUT2D eigenvalue weighted by atomic mass is 9.93. The van der Waals surface area contributed by atoms with Gasteiger partial charge in [0.15, 0.2) is 0 Å². The molecule has 0 aliphatic carbocycles. The molecule has 0 radical (unpaired) electrons. The van der Waals surface area contributed by atoms with Gasteiger partial charge < -0.3 is 14.0 Å². The fourth-order valence-electron chi connectivity index (χ4n) is 4.10. The number of carbonyl (C=O) groups is 2. The van der Waals surface area contributed by atoms with Gasteiger partial charge in [0.05, 0.1) is 12.1 Å². The van der Waals surface area contributed by atoms with Crippen molar-refractivity contribution in [3.63, 3.8) is 0 Å². The molecule has 0 saturated carbocycles. The second kappa shape index (κ2) is 6.53. The molecule has 0 bridgehead atoms. The number of hydrogen-bond donors (Lipinski definition) is 2. The minimum absolute atomic E-state index is 0.0328. The number of rotatable bonds is 2. The Morgan fingerprint density at radius 2 is 1.89 bits per heavy atom. The number of fused-ring (bicyclic) bond motifs is 2. The first-order valence-corrected chi connectivity index (χ1v) is 9.26. The summed E-state index contributed by atoms with van der Waals surface area (Å²) in [5, 5.41) is 9.95. The van der Waals surface area contributed by atoms with Crippen LogP contribution in [0.3, 0.4) is 0 Å². The molecular formula is C21H24N4O3. The Kier molecular flexibility index (Phi) is 4.27. The fourth-order valence-corrected chi connectivity index (χ4v) is 4.10. The van der Waals surface area contributed by atoms with E-state index in [1.807, 2.05) is 51.4 Å². The minimum Gasteiger partial charge on any atom is -0.348 e. The molecule has 7 nitrogen and oxygen atoms in total. The number of hydroxylamine groups is 1. The number of benzene rings is 1. The maximum absolute atomic E-state index is 13.4. The van der Waals surface area contributed by atoms with Gasteiger partial charge in [-0.2, -0.15) is 0 Å². The lowest BCUT2D eigenvalue weighted by molar-refractivity contribution is 0.0669. The van der Waals surface area contributed by atoms with Gasteiger partial charge in [-0.3, -0.25) is 14.8 Å². The van der Waals surface area contributed by atoms with Crippen LogP contribution >= 0.6 is 0 Å². The Morgan fingerprint density at radius 1 is 1.14 bits per heavy atom. The predicted molar refractivity (Wildman–Crippen MR) is 105 cm³/mol. The molecule has 28 heavy (non-hydrogen) atoms. The summed E-state index contributed by atoms with van der Waals surface area (Å²) >= 11 is 0. The summed E-state index contributed by atoms with van der Waals surface area (Å²) in [6.45, 7) is 5.91. The highest BCUT2D eigenvalue weighted by molar-refractivity contribution is 5.99. The van der Waals surface area contributed by atoms with Crippen molar-refractivity contribution in [2.45, 2.75) is 26.9 Å². The van der Waals surface area contributed by atoms with E-state index in [4.69, 9.17) is 5.21 Å². The van der Waals surface area contributed by atoms with E-state index in [-0.39, 0.29) is 11.3 Å². The second-order valence-electron chi connectivity index (χ2n) is 8.26. The number of nitrogens with zero attached hydrogens (tertiary/aromatic N) is 3. The van der Waals surface area contributed by atoms with Crippen LogP contribution in [0.4, 0.5) is 0 Å². The number of hydrogen-bond acceptors (Lipinski definition) is 3. The largest absolute Gasteiger partial charge is 0.348 e. The summed E-state index contributed by atoms with van der Waals surface area (Å²) in [4.78, 5) is 27.1. The average molecular weight is 380 g/mol. The molecule has 0 spiro atoms. The molecular weight excluding hydrogens is 356 g/mol. The van der Waals surface area contributed by atoms with Crippen LogP contribution < -0.4 is 5.48 Å². The summed E-state index contributed by atoms with van der Waals surface area (Å²) < 4.78 is 3.93. The molecule has 0 saturated heterocycles. The fraction of sp³-hybridized carbons (Fsp3) is 0.333. The van der Waals surface area contributed by atoms with Crippen LogP contribution in [-0.2, 0) is 20.1 Å². The van der Waals surface area contributed by atoms with Crippen molar-refractivity contribution in [1.29, 1.82) is 0 Å². The molecule has 2 amide bonds. The van der Waals surface area contributed by atoms with Gasteiger partial charge in [0.2, 0.25) is 0 Å². The third-order valence-electron chi connectivity index (χ3n) is 5.38. The number of aromatic nitrogens is 2. The van der Waals surface area contributed by atoms with Crippen molar-refractivity contribution < 1.29 is 14.8 Å². The van der Waals surface area contributed by atoms with Crippen molar-refractivity contribution in [3.8, 4) is 0 Å². The summed E-state index contributed by atoms with van der Waals surface area (Å²) in [6, 6.07) is 11.6. The van der Waals surface area contributed by atoms with Gasteiger partial charge in [0.1, 0.15) is 5.69 Å². The van der Waals surface area contributed by atoms with Gasteiger partial charge in [0.25, 0.3) is 11.8 Å². The van der Waals surface area contributed by atoms with Gasteiger partial charge in [-0.25, -0.2) is 5.48 Å². The monoisotopic (exact) mass is 380 g/mol. The minimum atomic E-state index is -0.551. The molecule has 3 heterocycles. The molecule has 1 aliphatic heterocycles. The molecule has 7 heteroatoms. The molecule has 0 atom stereocenters. The van der Waals surface area contributed by atoms with Crippen molar-refractivity contribution in [3.05, 3.63) is 59.5 Å². The van der Waals surface area contributed by atoms with Crippen LogP contribution in [0.5, 0.6) is 0 Å². The Bertz CT molecular complexity index is 1080. The van der Waals surface area contributed by atoms with Crippen molar-refractivity contribution >= 4 is 22.7 Å². The SMILES string of the molecule is Cn1c(C(=O)N2Cc3cc(C(=O)NO)cn3CC(C)(C)C2)cc2ccccc21. The number of para-hydroxylation sites is 1. The highest BCUT2D eigenvalue weighted by Crippen LogP contribution is 2.29. The number of nitrogens with one attached hydrogen (secondary N) is 1. The first-order chi connectivity index (χ1) is 13.3. The average Bonchev–Trinajstić information content (AvgIpc) is 3.17. The van der Waals surface area contributed by atoms with E-state index in [2.05, 4.69) is 13.8 Å². The van der Waals surface area contributed by atoms with E-state index in [0.717, 1.165) is 16.6 Å². The van der Waals surface area contributed by atoms with Crippen LogP contribution in [0.1, 0.15) is 40.4 Å². The molecule has 1 aliphatic rings. The molecule has 2 aromatic heterocycles. The summed E-state index contributed by atoms with van der Waals surface area (Å²) in [5.41, 5.74) is 4.42. The zero-order valence-corrected chi connectivity index (χ0v) is 16.3. The summed E-state index contributed by atoms with van der Waals surface area (Å²) in [7, 11) is 1.91. The van der Waals surface area contributed by atoms with Crippen LogP contribution in [0.15, 0.2) is 42.6 Å². The topological polar surface area (TPSA) is 79.5 Å². The molecule has 2 N–H and O–H groups in total. The van der Waals surface area contributed by atoms with Gasteiger partial charge in [0, 0.05) is 48.3 Å². The predicted octanol–water partition coefficient (Wildman–Crippen LogP) is 2.78. The maximum Gasteiger partial charge on any atom is 0.276 e. The van der Waals surface area contributed by atoms with E-state index in [1.165, 1.54) is 0 Å². The number of aryl methyl sites for hydroxylation is 1. The van der Waals surface area contributed by atoms with Crippen molar-refractivity contribution in [2.75, 3.05) is 6.54 Å². The highest BCUT2D eigenvalue weighted by atomic mass is 16.5. The van der Waals surface area contributed by atoms with E-state index in [9.17, 15) is 9.59 Å². The van der Waals surface area contributed by atoms with Crippen LogP contribution in [0.2, 0.25) is 0 Å². The zero-order valence-electron chi connectivity index (χ0n) is 16.3. The van der Waals surface area contributed by atoms with Crippen LogP contribution in [0.25, 0.3) is 10.9 Å². The highest BCUT2D eigenvalue weighted by Gasteiger charge is 2.32. The van der Waals surface area contributed by atoms with Gasteiger partial charge >= 0.3 is 0 Å². The Morgan fingerprint density at radius 3 is 2.61 bits per heavy atom. The molecule has 3 aromatic rings. The Labute approximate surface area is 163 Å². The Hall–Kier alpha value is -3.06. The summed E-state index contributed by atoms with van der Waals surface area (Å²) in [5.74, 6) is -0.584. The van der Waals surface area contributed by atoms with Gasteiger partial charge in [-0.1, -0.05) is 32.0 Å². The standard InChI is InChI=1S/C21H24N4O3/c1-21(2)12-24-10-15(19(26)22-28)8-16(24)11-25(13-21)20(27)18-9-14-6-4-5-7-17(14)23(18)3/h4-10,28H,11-13H2,1-3H3,(H,22,26). The molecule has 1 aromatic carbocycles. The molecule has 4 rings (SSSR count). The van der Waals surface area contributed by atoms with Crippen LogP contribution in [0, 0.1) is 5.41 Å². The third kappa shape index (κ3) is 3.07. The normalized spacial score (nSPS) is 15.9. The van der Waals surface area contributed by atoms with Crippen molar-refractivity contribution in [2.24, 2.45) is 12.5 Å². The lowest BCUT2D eigenvalue weighted by Crippen LogP contribution is -2.38. The third-order valence-corrected chi connectivity index (χ3v) is 5.38. The lowest BCUT2D eigenvalue weighted by Gasteiger charge is -2.29. The van der Waals surface area contributed by atoms with Gasteiger partial charge in [-0.15, -0.1) is 0 Å². The number of amides is 2.